The zero-order chi connectivity index (χ0) is 18.2. The fourth-order valence-corrected chi connectivity index (χ4v) is 3.13. The van der Waals surface area contributed by atoms with Crippen LogP contribution in [0.5, 0.6) is 0 Å². The van der Waals surface area contributed by atoms with Crippen LogP contribution >= 0.6 is 11.8 Å². The molecule has 0 bridgehead atoms. The van der Waals surface area contributed by atoms with Gasteiger partial charge in [0.2, 0.25) is 0 Å². The van der Waals surface area contributed by atoms with Gasteiger partial charge in [-0.15, -0.1) is 0 Å². The molecule has 25 heavy (non-hydrogen) atoms. The Hall–Kier alpha value is -2.78. The van der Waals surface area contributed by atoms with Gasteiger partial charge < -0.3 is 10.1 Å². The van der Waals surface area contributed by atoms with Gasteiger partial charge in [-0.2, -0.15) is 5.26 Å². The fourth-order valence-electron chi connectivity index (χ4n) is 2.11. The normalized spacial score (nSPS) is 11.2. The number of esters is 1. The summed E-state index contributed by atoms with van der Waals surface area (Å²) in [4.78, 5) is 25.7. The zero-order valence-corrected chi connectivity index (χ0v) is 14.8. The lowest BCUT2D eigenvalue weighted by molar-refractivity contribution is -0.144. The van der Waals surface area contributed by atoms with Crippen molar-refractivity contribution in [1.82, 2.24) is 5.32 Å². The third-order valence-corrected chi connectivity index (χ3v) is 4.50. The molecule has 128 valence electrons. The molecule has 0 aromatic heterocycles. The van der Waals surface area contributed by atoms with Crippen LogP contribution in [0.2, 0.25) is 0 Å². The minimum absolute atomic E-state index is 0.260. The number of hydrogen-bond acceptors (Lipinski definition) is 5. The lowest BCUT2D eigenvalue weighted by atomic mass is 10.2. The van der Waals surface area contributed by atoms with Crippen molar-refractivity contribution >= 4 is 23.6 Å². The fraction of sp³-hybridized carbons (Fsp3) is 0.211. The first kappa shape index (κ1) is 18.6. The Kier molecular flexibility index (Phi) is 6.61. The van der Waals surface area contributed by atoms with Crippen LogP contribution in [0.25, 0.3) is 0 Å². The molecule has 5 nitrogen and oxygen atoms in total. The van der Waals surface area contributed by atoms with Crippen molar-refractivity contribution in [2.24, 2.45) is 0 Å². The molecule has 2 aromatic carbocycles. The number of nitriles is 1. The smallest absolute Gasteiger partial charge is 0.328 e. The van der Waals surface area contributed by atoms with Gasteiger partial charge in [0.05, 0.1) is 17.7 Å². The van der Waals surface area contributed by atoms with Crippen LogP contribution in [0.3, 0.4) is 0 Å². The third kappa shape index (κ3) is 4.85. The number of amides is 1. The van der Waals surface area contributed by atoms with Gasteiger partial charge in [0, 0.05) is 9.79 Å². The van der Waals surface area contributed by atoms with Crippen LogP contribution in [0.4, 0.5) is 0 Å². The van der Waals surface area contributed by atoms with Crippen molar-refractivity contribution < 1.29 is 14.3 Å². The average molecular weight is 354 g/mol. The van der Waals surface area contributed by atoms with Gasteiger partial charge in [0.15, 0.2) is 0 Å². The van der Waals surface area contributed by atoms with E-state index >= 15 is 0 Å². The van der Waals surface area contributed by atoms with Crippen LogP contribution < -0.4 is 5.32 Å². The van der Waals surface area contributed by atoms with E-state index in [1.807, 2.05) is 24.3 Å². The summed E-state index contributed by atoms with van der Waals surface area (Å²) in [5, 5.41) is 11.9. The summed E-state index contributed by atoms with van der Waals surface area (Å²) in [5.74, 6) is -0.839. The van der Waals surface area contributed by atoms with Gasteiger partial charge >= 0.3 is 5.97 Å². The van der Waals surface area contributed by atoms with Crippen molar-refractivity contribution in [3.63, 3.8) is 0 Å². The number of ether oxygens (including phenoxy) is 1. The summed E-state index contributed by atoms with van der Waals surface area (Å²) < 4.78 is 4.90. The Labute approximate surface area is 151 Å². The van der Waals surface area contributed by atoms with E-state index < -0.39 is 12.0 Å². The zero-order valence-electron chi connectivity index (χ0n) is 14.0. The largest absolute Gasteiger partial charge is 0.464 e. The third-order valence-electron chi connectivity index (χ3n) is 3.35. The van der Waals surface area contributed by atoms with E-state index in [0.29, 0.717) is 16.0 Å². The van der Waals surface area contributed by atoms with Gasteiger partial charge in [0.25, 0.3) is 5.91 Å². The maximum absolute atomic E-state index is 12.5. The number of carbonyl (C=O) groups is 2. The molecule has 0 radical (unpaired) electrons. The maximum atomic E-state index is 12.5. The number of nitrogens with zero attached hydrogens (tertiary/aromatic N) is 1. The van der Waals surface area contributed by atoms with E-state index in [4.69, 9.17) is 4.74 Å². The molecule has 0 spiro atoms. The Morgan fingerprint density at radius 1 is 1.16 bits per heavy atom. The molecule has 1 amide bonds. The van der Waals surface area contributed by atoms with E-state index in [9.17, 15) is 14.9 Å². The van der Waals surface area contributed by atoms with E-state index in [1.54, 1.807) is 38.1 Å². The Bertz CT molecular complexity index is 814. The lowest BCUT2D eigenvalue weighted by Crippen LogP contribution is -2.39. The molecule has 0 aliphatic heterocycles. The van der Waals surface area contributed by atoms with Crippen molar-refractivity contribution in [2.75, 3.05) is 6.61 Å². The van der Waals surface area contributed by atoms with Gasteiger partial charge in [0.1, 0.15) is 12.1 Å². The second-order valence-corrected chi connectivity index (χ2v) is 6.24. The molecule has 1 atom stereocenters. The number of rotatable bonds is 6. The summed E-state index contributed by atoms with van der Waals surface area (Å²) in [7, 11) is 0. The van der Waals surface area contributed by atoms with Crippen molar-refractivity contribution in [3.8, 4) is 6.07 Å². The molecule has 2 aromatic rings. The van der Waals surface area contributed by atoms with Crippen LogP contribution in [-0.2, 0) is 9.53 Å². The van der Waals surface area contributed by atoms with E-state index in [1.165, 1.54) is 11.8 Å². The highest BCUT2D eigenvalue weighted by molar-refractivity contribution is 7.99. The number of nitrogens with one attached hydrogen (secondary N) is 1. The van der Waals surface area contributed by atoms with Crippen molar-refractivity contribution in [1.29, 1.82) is 5.26 Å². The Morgan fingerprint density at radius 2 is 1.80 bits per heavy atom. The van der Waals surface area contributed by atoms with Gasteiger partial charge in [-0.1, -0.05) is 36.0 Å². The van der Waals surface area contributed by atoms with Crippen LogP contribution in [0.1, 0.15) is 29.8 Å². The average Bonchev–Trinajstić information content (AvgIpc) is 2.62. The first-order valence-corrected chi connectivity index (χ1v) is 8.62. The van der Waals surface area contributed by atoms with E-state index in [2.05, 4.69) is 11.4 Å². The number of hydrogen-bond donors (Lipinski definition) is 1. The van der Waals surface area contributed by atoms with Crippen LogP contribution in [-0.4, -0.2) is 24.5 Å². The van der Waals surface area contributed by atoms with E-state index in [-0.39, 0.29) is 12.5 Å². The molecule has 1 N–H and O–H groups in total. The minimum atomic E-state index is -0.739. The lowest BCUT2D eigenvalue weighted by Gasteiger charge is -2.14. The molecule has 1 unspecified atom stereocenters. The monoisotopic (exact) mass is 354 g/mol. The SMILES string of the molecule is CCOC(=O)C(C)NC(=O)c1ccccc1Sc1ccccc1C#N. The van der Waals surface area contributed by atoms with Crippen molar-refractivity contribution in [2.45, 2.75) is 29.7 Å². The molecular formula is C19H18N2O3S. The molecule has 0 saturated carbocycles. The molecule has 0 fully saturated rings. The summed E-state index contributed by atoms with van der Waals surface area (Å²) >= 11 is 1.34. The van der Waals surface area contributed by atoms with Crippen LogP contribution in [0, 0.1) is 11.3 Å². The second-order valence-electron chi connectivity index (χ2n) is 5.15. The van der Waals surface area contributed by atoms with E-state index in [0.717, 1.165) is 4.90 Å². The molecule has 0 aliphatic carbocycles. The first-order chi connectivity index (χ1) is 12.1. The first-order valence-electron chi connectivity index (χ1n) is 7.80. The Morgan fingerprint density at radius 3 is 2.48 bits per heavy atom. The molecule has 0 aliphatic rings. The van der Waals surface area contributed by atoms with Crippen LogP contribution in [0.15, 0.2) is 58.3 Å². The standard InChI is InChI=1S/C19H18N2O3S/c1-3-24-19(23)13(2)21-18(22)15-9-5-7-11-17(15)25-16-10-6-4-8-14(16)12-20/h4-11,13H,3H2,1-2H3,(H,21,22). The summed E-state index contributed by atoms with van der Waals surface area (Å²) in [5.41, 5.74) is 0.985. The quantitative estimate of drug-likeness (QED) is 0.805. The van der Waals surface area contributed by atoms with Gasteiger partial charge in [-0.05, 0) is 38.1 Å². The molecule has 0 saturated heterocycles. The molecule has 2 rings (SSSR count). The topological polar surface area (TPSA) is 79.2 Å². The summed E-state index contributed by atoms with van der Waals surface area (Å²) in [6.07, 6.45) is 0. The highest BCUT2D eigenvalue weighted by Gasteiger charge is 2.19. The maximum Gasteiger partial charge on any atom is 0.328 e. The minimum Gasteiger partial charge on any atom is -0.464 e. The van der Waals surface area contributed by atoms with Gasteiger partial charge in [-0.25, -0.2) is 4.79 Å². The highest BCUT2D eigenvalue weighted by Crippen LogP contribution is 2.32. The summed E-state index contributed by atoms with van der Waals surface area (Å²) in [6.45, 7) is 3.55. The Balaban J connectivity index is 2.22. The van der Waals surface area contributed by atoms with Crippen molar-refractivity contribution in [3.05, 3.63) is 59.7 Å². The molecule has 0 heterocycles. The second kappa shape index (κ2) is 8.90. The van der Waals surface area contributed by atoms with Gasteiger partial charge in [-0.3, -0.25) is 4.79 Å². The number of carbonyl (C=O) groups excluding carboxylic acids is 2. The molecular weight excluding hydrogens is 336 g/mol. The molecule has 6 heteroatoms. The predicted molar refractivity (Wildman–Crippen MR) is 95.3 cm³/mol. The summed E-state index contributed by atoms with van der Waals surface area (Å²) in [6, 6.07) is 15.7. The predicted octanol–water partition coefficient (Wildman–Crippen LogP) is 3.39. The highest BCUT2D eigenvalue weighted by atomic mass is 32.2. The number of benzene rings is 2.